The van der Waals surface area contributed by atoms with Gasteiger partial charge < -0.3 is 5.32 Å². The summed E-state index contributed by atoms with van der Waals surface area (Å²) in [4.78, 5) is 10.6. The monoisotopic (exact) mass is 304 g/mol. The molecule has 0 bridgehead atoms. The largest absolute Gasteiger partial charge is 0.306 e. The van der Waals surface area contributed by atoms with E-state index < -0.39 is 0 Å². The van der Waals surface area contributed by atoms with Crippen molar-refractivity contribution < 1.29 is 4.92 Å². The Morgan fingerprint density at radius 1 is 1.29 bits per heavy atom. The summed E-state index contributed by atoms with van der Waals surface area (Å²) in [7, 11) is 0. The molecule has 0 unspecified atom stereocenters. The molecule has 0 fully saturated rings. The Bertz CT molecular complexity index is 658. The molecule has 0 aromatic heterocycles. The van der Waals surface area contributed by atoms with Crippen LogP contribution in [0.3, 0.4) is 0 Å². The van der Waals surface area contributed by atoms with E-state index in [1.165, 1.54) is 17.7 Å². The number of nitrogens with zero attached hydrogens (tertiary/aromatic N) is 1. The first kappa shape index (κ1) is 15.5. The van der Waals surface area contributed by atoms with Gasteiger partial charge in [0.25, 0.3) is 5.69 Å². The summed E-state index contributed by atoms with van der Waals surface area (Å²) >= 11 is 5.92. The normalized spacial score (nSPS) is 12.1. The zero-order valence-corrected chi connectivity index (χ0v) is 12.7. The molecular weight excluding hydrogens is 288 g/mol. The van der Waals surface area contributed by atoms with Gasteiger partial charge in [0.1, 0.15) is 0 Å². The number of hydrogen-bond donors (Lipinski definition) is 1. The van der Waals surface area contributed by atoms with E-state index in [2.05, 4.69) is 11.4 Å². The number of nitro benzene ring substituents is 1. The van der Waals surface area contributed by atoms with E-state index in [1.54, 1.807) is 6.07 Å². The first-order chi connectivity index (χ1) is 9.97. The van der Waals surface area contributed by atoms with Crippen molar-refractivity contribution in [2.45, 2.75) is 26.4 Å². The Kier molecular flexibility index (Phi) is 4.94. The van der Waals surface area contributed by atoms with Gasteiger partial charge in [0.2, 0.25) is 0 Å². The highest BCUT2D eigenvalue weighted by Gasteiger charge is 2.15. The van der Waals surface area contributed by atoms with Crippen molar-refractivity contribution in [1.29, 1.82) is 0 Å². The second-order valence-electron chi connectivity index (χ2n) is 5.05. The Hall–Kier alpha value is -1.91. The van der Waals surface area contributed by atoms with Gasteiger partial charge in [0, 0.05) is 29.2 Å². The number of benzene rings is 2. The fourth-order valence-electron chi connectivity index (χ4n) is 2.19. The highest BCUT2D eigenvalue weighted by atomic mass is 35.5. The molecule has 1 atom stereocenters. The van der Waals surface area contributed by atoms with Crippen LogP contribution in [-0.4, -0.2) is 4.92 Å². The number of nitrogens with one attached hydrogen (secondary N) is 1. The number of nitro groups is 1. The van der Waals surface area contributed by atoms with Gasteiger partial charge >= 0.3 is 0 Å². The molecule has 0 saturated carbocycles. The highest BCUT2D eigenvalue weighted by Crippen LogP contribution is 2.23. The molecule has 0 saturated heterocycles. The SMILES string of the molecule is Cc1cccc([C@H](C)NCc2cc(Cl)ccc2[N+](=O)[O-])c1. The molecular formula is C16H17ClN2O2. The van der Waals surface area contributed by atoms with Crippen LogP contribution < -0.4 is 5.32 Å². The lowest BCUT2D eigenvalue weighted by atomic mass is 10.1. The zero-order valence-electron chi connectivity index (χ0n) is 12.0. The van der Waals surface area contributed by atoms with Crippen LogP contribution >= 0.6 is 11.6 Å². The van der Waals surface area contributed by atoms with Crippen LogP contribution in [0.5, 0.6) is 0 Å². The Labute approximate surface area is 128 Å². The number of aryl methyl sites for hydroxylation is 1. The molecule has 0 aliphatic rings. The Balaban J connectivity index is 2.12. The quantitative estimate of drug-likeness (QED) is 0.657. The summed E-state index contributed by atoms with van der Waals surface area (Å²) in [5, 5.41) is 14.8. The van der Waals surface area contributed by atoms with E-state index in [0.29, 0.717) is 17.1 Å². The molecule has 110 valence electrons. The molecule has 0 radical (unpaired) electrons. The summed E-state index contributed by atoms with van der Waals surface area (Å²) in [6.45, 7) is 4.47. The van der Waals surface area contributed by atoms with Gasteiger partial charge in [-0.05, 0) is 31.5 Å². The van der Waals surface area contributed by atoms with Crippen LogP contribution in [0.15, 0.2) is 42.5 Å². The second-order valence-corrected chi connectivity index (χ2v) is 5.48. The minimum atomic E-state index is -0.384. The number of halogens is 1. The zero-order chi connectivity index (χ0) is 15.4. The molecule has 0 aliphatic heterocycles. The van der Waals surface area contributed by atoms with Gasteiger partial charge in [0.05, 0.1) is 4.92 Å². The molecule has 2 aromatic carbocycles. The standard InChI is InChI=1S/C16H17ClN2O2/c1-11-4-3-5-13(8-11)12(2)18-10-14-9-15(17)6-7-16(14)19(20)21/h3-9,12,18H,10H2,1-2H3/t12-/m0/s1. The Morgan fingerprint density at radius 3 is 2.71 bits per heavy atom. The second kappa shape index (κ2) is 6.70. The number of rotatable bonds is 5. The van der Waals surface area contributed by atoms with Crippen molar-refractivity contribution in [3.8, 4) is 0 Å². The summed E-state index contributed by atoms with van der Waals surface area (Å²) in [6, 6.07) is 12.9. The van der Waals surface area contributed by atoms with Gasteiger partial charge in [-0.25, -0.2) is 0 Å². The lowest BCUT2D eigenvalue weighted by Crippen LogP contribution is -2.18. The van der Waals surface area contributed by atoms with E-state index in [1.807, 2.05) is 32.0 Å². The van der Waals surface area contributed by atoms with Crippen molar-refractivity contribution in [2.75, 3.05) is 0 Å². The summed E-state index contributed by atoms with van der Waals surface area (Å²) in [5.41, 5.74) is 3.02. The van der Waals surface area contributed by atoms with E-state index in [4.69, 9.17) is 11.6 Å². The van der Waals surface area contributed by atoms with Crippen LogP contribution in [0.2, 0.25) is 5.02 Å². The molecule has 0 spiro atoms. The Morgan fingerprint density at radius 2 is 2.05 bits per heavy atom. The smallest absolute Gasteiger partial charge is 0.273 e. The van der Waals surface area contributed by atoms with E-state index in [0.717, 1.165) is 5.56 Å². The molecule has 1 N–H and O–H groups in total. The topological polar surface area (TPSA) is 55.2 Å². The average molecular weight is 305 g/mol. The summed E-state index contributed by atoms with van der Waals surface area (Å²) < 4.78 is 0. The third-order valence-electron chi connectivity index (χ3n) is 3.38. The maximum absolute atomic E-state index is 11.0. The predicted octanol–water partition coefficient (Wildman–Crippen LogP) is 4.41. The minimum Gasteiger partial charge on any atom is -0.306 e. The molecule has 2 rings (SSSR count). The van der Waals surface area contributed by atoms with Crippen molar-refractivity contribution in [1.82, 2.24) is 5.32 Å². The van der Waals surface area contributed by atoms with Gasteiger partial charge in [-0.15, -0.1) is 0 Å². The molecule has 0 heterocycles. The van der Waals surface area contributed by atoms with E-state index in [9.17, 15) is 10.1 Å². The summed E-state index contributed by atoms with van der Waals surface area (Å²) in [6.07, 6.45) is 0. The fourth-order valence-corrected chi connectivity index (χ4v) is 2.39. The molecule has 21 heavy (non-hydrogen) atoms. The van der Waals surface area contributed by atoms with Gasteiger partial charge in [-0.2, -0.15) is 0 Å². The average Bonchev–Trinajstić information content (AvgIpc) is 2.44. The van der Waals surface area contributed by atoms with Crippen LogP contribution in [0.4, 0.5) is 5.69 Å². The van der Waals surface area contributed by atoms with Crippen molar-refractivity contribution in [3.05, 3.63) is 74.3 Å². The first-order valence-electron chi connectivity index (χ1n) is 6.70. The maximum Gasteiger partial charge on any atom is 0.273 e. The first-order valence-corrected chi connectivity index (χ1v) is 7.08. The van der Waals surface area contributed by atoms with Gasteiger partial charge in [-0.3, -0.25) is 10.1 Å². The highest BCUT2D eigenvalue weighted by molar-refractivity contribution is 6.30. The van der Waals surface area contributed by atoms with Crippen LogP contribution in [0, 0.1) is 17.0 Å². The third kappa shape index (κ3) is 4.03. The van der Waals surface area contributed by atoms with Gasteiger partial charge in [-0.1, -0.05) is 41.4 Å². The van der Waals surface area contributed by atoms with Crippen molar-refractivity contribution in [3.63, 3.8) is 0 Å². The molecule has 2 aromatic rings. The van der Waals surface area contributed by atoms with Crippen LogP contribution in [-0.2, 0) is 6.54 Å². The fraction of sp³-hybridized carbons (Fsp3) is 0.250. The maximum atomic E-state index is 11.0. The molecule has 0 amide bonds. The van der Waals surface area contributed by atoms with Crippen molar-refractivity contribution in [2.24, 2.45) is 0 Å². The van der Waals surface area contributed by atoms with E-state index in [-0.39, 0.29) is 16.7 Å². The number of hydrogen-bond acceptors (Lipinski definition) is 3. The van der Waals surface area contributed by atoms with Crippen molar-refractivity contribution >= 4 is 17.3 Å². The minimum absolute atomic E-state index is 0.0864. The van der Waals surface area contributed by atoms with Crippen LogP contribution in [0.25, 0.3) is 0 Å². The third-order valence-corrected chi connectivity index (χ3v) is 3.61. The predicted molar refractivity (Wildman–Crippen MR) is 84.5 cm³/mol. The molecule has 4 nitrogen and oxygen atoms in total. The molecule has 5 heteroatoms. The molecule has 0 aliphatic carbocycles. The van der Waals surface area contributed by atoms with Gasteiger partial charge in [0.15, 0.2) is 0 Å². The lowest BCUT2D eigenvalue weighted by molar-refractivity contribution is -0.385. The summed E-state index contributed by atoms with van der Waals surface area (Å²) in [5.74, 6) is 0. The lowest BCUT2D eigenvalue weighted by Gasteiger charge is -2.15. The van der Waals surface area contributed by atoms with E-state index >= 15 is 0 Å². The van der Waals surface area contributed by atoms with Crippen LogP contribution in [0.1, 0.15) is 29.7 Å².